The van der Waals surface area contributed by atoms with Gasteiger partial charge < -0.3 is 4.98 Å². The third-order valence-corrected chi connectivity index (χ3v) is 4.40. The van der Waals surface area contributed by atoms with Crippen LogP contribution in [0.2, 0.25) is 0 Å². The largest absolute Gasteiger partial charge is 0.312 e. The number of hydrogen-bond acceptors (Lipinski definition) is 5. The molecule has 0 unspecified atom stereocenters. The summed E-state index contributed by atoms with van der Waals surface area (Å²) in [5.41, 5.74) is 1.62. The van der Waals surface area contributed by atoms with E-state index >= 15 is 0 Å². The third kappa shape index (κ3) is 4.49. The maximum absolute atomic E-state index is 11.8. The second-order valence-electron chi connectivity index (χ2n) is 5.39. The van der Waals surface area contributed by atoms with Crippen LogP contribution in [0.5, 0.6) is 0 Å². The number of benzene rings is 1. The Morgan fingerprint density at radius 3 is 2.30 bits per heavy atom. The molecule has 0 atom stereocenters. The van der Waals surface area contributed by atoms with Gasteiger partial charge in [0, 0.05) is 23.6 Å². The summed E-state index contributed by atoms with van der Waals surface area (Å²) in [4.78, 5) is 28.2. The molecule has 0 saturated heterocycles. The molecule has 7 heteroatoms. The summed E-state index contributed by atoms with van der Waals surface area (Å²) in [6, 6.07) is 6.29. The SMILES string of the molecule is CCCN(CCC)Cc1sc(=O)[nH]c1-c1ccc([N+](=O)[O-])cc1. The summed E-state index contributed by atoms with van der Waals surface area (Å²) in [6.45, 7) is 6.97. The fourth-order valence-corrected chi connectivity index (χ4v) is 3.45. The third-order valence-electron chi connectivity index (χ3n) is 3.54. The van der Waals surface area contributed by atoms with E-state index in [1.165, 1.54) is 23.5 Å². The number of aromatic amines is 1. The standard InChI is InChI=1S/C16H21N3O3S/c1-3-9-18(10-4-2)11-14-15(17-16(20)23-14)12-5-7-13(8-6-12)19(21)22/h5-8H,3-4,9-11H2,1-2H3,(H,17,20). The van der Waals surface area contributed by atoms with Crippen molar-refractivity contribution in [3.63, 3.8) is 0 Å². The van der Waals surface area contributed by atoms with E-state index in [-0.39, 0.29) is 10.6 Å². The number of non-ortho nitro benzene ring substituents is 1. The monoisotopic (exact) mass is 335 g/mol. The van der Waals surface area contributed by atoms with E-state index in [1.807, 2.05) is 0 Å². The molecule has 2 rings (SSSR count). The lowest BCUT2D eigenvalue weighted by Crippen LogP contribution is -2.24. The number of aromatic nitrogens is 1. The van der Waals surface area contributed by atoms with Crippen molar-refractivity contribution in [1.29, 1.82) is 0 Å². The Morgan fingerprint density at radius 2 is 1.78 bits per heavy atom. The van der Waals surface area contributed by atoms with Gasteiger partial charge in [0.25, 0.3) is 5.69 Å². The van der Waals surface area contributed by atoms with Gasteiger partial charge in [-0.1, -0.05) is 25.2 Å². The van der Waals surface area contributed by atoms with Gasteiger partial charge in [-0.15, -0.1) is 0 Å². The first-order valence-corrected chi connectivity index (χ1v) is 8.56. The molecule has 0 saturated carbocycles. The van der Waals surface area contributed by atoms with Crippen molar-refractivity contribution >= 4 is 17.0 Å². The summed E-state index contributed by atoms with van der Waals surface area (Å²) in [7, 11) is 0. The highest BCUT2D eigenvalue weighted by Gasteiger charge is 2.15. The molecule has 0 aliphatic heterocycles. The highest BCUT2D eigenvalue weighted by Crippen LogP contribution is 2.26. The Labute approximate surface area is 138 Å². The molecule has 1 heterocycles. The number of H-pyrrole nitrogens is 1. The number of rotatable bonds is 8. The van der Waals surface area contributed by atoms with Crippen LogP contribution in [0, 0.1) is 10.1 Å². The van der Waals surface area contributed by atoms with Crippen molar-refractivity contribution in [3.05, 3.63) is 48.9 Å². The van der Waals surface area contributed by atoms with E-state index in [2.05, 4.69) is 23.7 Å². The van der Waals surface area contributed by atoms with Crippen molar-refractivity contribution in [2.75, 3.05) is 13.1 Å². The fraction of sp³-hybridized carbons (Fsp3) is 0.438. The van der Waals surface area contributed by atoms with Gasteiger partial charge in [0.2, 0.25) is 0 Å². The molecule has 1 aromatic carbocycles. The first-order chi connectivity index (χ1) is 11.0. The van der Waals surface area contributed by atoms with E-state index < -0.39 is 4.92 Å². The van der Waals surface area contributed by atoms with Crippen LogP contribution in [-0.4, -0.2) is 27.9 Å². The molecule has 1 N–H and O–H groups in total. The maximum atomic E-state index is 11.8. The number of nitro benzene ring substituents is 1. The van der Waals surface area contributed by atoms with E-state index in [4.69, 9.17) is 0 Å². The van der Waals surface area contributed by atoms with Gasteiger partial charge in [-0.05, 0) is 43.6 Å². The van der Waals surface area contributed by atoms with Crippen LogP contribution in [0.1, 0.15) is 31.6 Å². The van der Waals surface area contributed by atoms with Crippen molar-refractivity contribution in [2.24, 2.45) is 0 Å². The lowest BCUT2D eigenvalue weighted by molar-refractivity contribution is -0.384. The quantitative estimate of drug-likeness (QED) is 0.590. The summed E-state index contributed by atoms with van der Waals surface area (Å²) in [6.07, 6.45) is 2.12. The predicted octanol–water partition coefficient (Wildman–Crippen LogP) is 3.63. The number of thiazole rings is 1. The van der Waals surface area contributed by atoms with Gasteiger partial charge >= 0.3 is 4.87 Å². The molecule has 1 aromatic heterocycles. The number of hydrogen-bond donors (Lipinski definition) is 1. The van der Waals surface area contributed by atoms with Crippen LogP contribution in [0.25, 0.3) is 11.3 Å². The normalized spacial score (nSPS) is 11.1. The zero-order chi connectivity index (χ0) is 16.8. The minimum absolute atomic E-state index is 0.0477. The molecule has 23 heavy (non-hydrogen) atoms. The first kappa shape index (κ1) is 17.4. The Bertz CT molecular complexity index is 700. The van der Waals surface area contributed by atoms with E-state index in [1.54, 1.807) is 12.1 Å². The molecule has 0 aliphatic carbocycles. The smallest absolute Gasteiger partial charge is 0.305 e. The fourth-order valence-electron chi connectivity index (χ4n) is 2.56. The lowest BCUT2D eigenvalue weighted by Gasteiger charge is -2.20. The average molecular weight is 335 g/mol. The highest BCUT2D eigenvalue weighted by molar-refractivity contribution is 7.09. The molecule has 0 radical (unpaired) electrons. The summed E-state index contributed by atoms with van der Waals surface area (Å²) in [5.74, 6) is 0. The highest BCUT2D eigenvalue weighted by atomic mass is 32.1. The molecular weight excluding hydrogens is 314 g/mol. The minimum Gasteiger partial charge on any atom is -0.312 e. The van der Waals surface area contributed by atoms with Crippen molar-refractivity contribution in [2.45, 2.75) is 33.2 Å². The Morgan fingerprint density at radius 1 is 1.17 bits per heavy atom. The van der Waals surface area contributed by atoms with Crippen molar-refractivity contribution < 1.29 is 4.92 Å². The number of nitrogens with one attached hydrogen (secondary N) is 1. The van der Waals surface area contributed by atoms with Crippen LogP contribution in [0.3, 0.4) is 0 Å². The van der Waals surface area contributed by atoms with E-state index in [9.17, 15) is 14.9 Å². The second-order valence-corrected chi connectivity index (χ2v) is 6.46. The van der Waals surface area contributed by atoms with Gasteiger partial charge in [-0.2, -0.15) is 0 Å². The first-order valence-electron chi connectivity index (χ1n) is 7.74. The molecule has 0 amide bonds. The van der Waals surface area contributed by atoms with Gasteiger partial charge in [0.05, 0.1) is 10.6 Å². The summed E-state index contributed by atoms with van der Waals surface area (Å²) in [5, 5.41) is 10.8. The van der Waals surface area contributed by atoms with Gasteiger partial charge in [0.1, 0.15) is 0 Å². The van der Waals surface area contributed by atoms with Crippen LogP contribution in [-0.2, 0) is 6.54 Å². The lowest BCUT2D eigenvalue weighted by atomic mass is 10.1. The Balaban J connectivity index is 2.29. The number of nitrogens with zero attached hydrogens (tertiary/aromatic N) is 2. The average Bonchev–Trinajstić information content (AvgIpc) is 2.88. The van der Waals surface area contributed by atoms with Crippen molar-refractivity contribution in [3.8, 4) is 11.3 Å². The van der Waals surface area contributed by atoms with Crippen LogP contribution < -0.4 is 4.87 Å². The van der Waals surface area contributed by atoms with Crippen LogP contribution >= 0.6 is 11.3 Å². The maximum Gasteiger partial charge on any atom is 0.305 e. The molecule has 2 aromatic rings. The zero-order valence-electron chi connectivity index (χ0n) is 13.4. The predicted molar refractivity (Wildman–Crippen MR) is 92.9 cm³/mol. The molecule has 6 nitrogen and oxygen atoms in total. The van der Waals surface area contributed by atoms with Crippen LogP contribution in [0.15, 0.2) is 29.1 Å². The molecular formula is C16H21N3O3S. The summed E-state index contributed by atoms with van der Waals surface area (Å²) < 4.78 is 0. The van der Waals surface area contributed by atoms with E-state index in [0.29, 0.717) is 0 Å². The van der Waals surface area contributed by atoms with Crippen molar-refractivity contribution in [1.82, 2.24) is 9.88 Å². The number of nitro groups is 1. The molecule has 0 fully saturated rings. The minimum atomic E-state index is -0.425. The zero-order valence-corrected chi connectivity index (χ0v) is 14.2. The molecule has 0 aliphatic rings. The molecule has 124 valence electrons. The second kappa shape index (κ2) is 8.03. The molecule has 0 spiro atoms. The Hall–Kier alpha value is -1.99. The van der Waals surface area contributed by atoms with Gasteiger partial charge in [-0.25, -0.2) is 0 Å². The topological polar surface area (TPSA) is 79.2 Å². The molecule has 0 bridgehead atoms. The van der Waals surface area contributed by atoms with Gasteiger partial charge in [0.15, 0.2) is 0 Å². The summed E-state index contributed by atoms with van der Waals surface area (Å²) >= 11 is 1.21. The van der Waals surface area contributed by atoms with Crippen LogP contribution in [0.4, 0.5) is 5.69 Å². The van der Waals surface area contributed by atoms with Gasteiger partial charge in [-0.3, -0.25) is 19.8 Å². The van der Waals surface area contributed by atoms with E-state index in [0.717, 1.165) is 48.6 Å². The Kier molecular flexibility index (Phi) is 6.06.